The van der Waals surface area contributed by atoms with Crippen molar-refractivity contribution in [1.82, 2.24) is 0 Å². The molecule has 0 aliphatic rings. The molecule has 0 spiro atoms. The van der Waals surface area contributed by atoms with Crippen LogP contribution in [0.4, 0.5) is 0 Å². The van der Waals surface area contributed by atoms with Crippen molar-refractivity contribution < 1.29 is 18.9 Å². The van der Waals surface area contributed by atoms with E-state index >= 15 is 0 Å². The van der Waals surface area contributed by atoms with Crippen LogP contribution in [0.3, 0.4) is 0 Å². The van der Waals surface area contributed by atoms with Gasteiger partial charge >= 0.3 is 7.82 Å². The zero-order valence-electron chi connectivity index (χ0n) is 12.9. The van der Waals surface area contributed by atoms with Crippen molar-refractivity contribution in [3.63, 3.8) is 0 Å². The molecule has 0 saturated heterocycles. The van der Waals surface area contributed by atoms with Gasteiger partial charge in [-0.05, 0) is 54.4 Å². The van der Waals surface area contributed by atoms with Crippen molar-refractivity contribution >= 4 is 7.82 Å². The Balaban J connectivity index is 3.36. The summed E-state index contributed by atoms with van der Waals surface area (Å²) in [6.07, 6.45) is 1.92. The Morgan fingerprint density at radius 3 is 2.05 bits per heavy atom. The van der Waals surface area contributed by atoms with Gasteiger partial charge in [-0.25, -0.2) is 4.57 Å². The van der Waals surface area contributed by atoms with Crippen LogP contribution in [0.1, 0.15) is 69.1 Å². The number of benzene rings is 1. The third kappa shape index (κ3) is 4.34. The van der Waals surface area contributed by atoms with Crippen LogP contribution in [0, 0.1) is 6.92 Å². The molecule has 0 aliphatic carbocycles. The maximum Gasteiger partial charge on any atom is 0.524 e. The molecule has 0 amide bonds. The molecule has 1 rings (SSSR count). The van der Waals surface area contributed by atoms with Gasteiger partial charge in [-0.3, -0.25) is 9.79 Å². The number of hydrogen-bond acceptors (Lipinski definition) is 2. The number of phosphoric ester groups is 1. The summed E-state index contributed by atoms with van der Waals surface area (Å²) in [5, 5.41) is 0. The molecule has 2 N–H and O–H groups in total. The minimum atomic E-state index is -4.53. The van der Waals surface area contributed by atoms with Gasteiger partial charge in [0.1, 0.15) is 5.75 Å². The molecule has 2 atom stereocenters. The molecule has 0 fully saturated rings. The summed E-state index contributed by atoms with van der Waals surface area (Å²) in [4.78, 5) is 18.1. The van der Waals surface area contributed by atoms with E-state index in [0.717, 1.165) is 24.0 Å². The molecule has 0 aromatic heterocycles. The summed E-state index contributed by atoms with van der Waals surface area (Å²) < 4.78 is 16.0. The molecular formula is C15H25O4P. The van der Waals surface area contributed by atoms with Gasteiger partial charge < -0.3 is 4.52 Å². The maximum absolute atomic E-state index is 11.1. The molecule has 0 bridgehead atoms. The molecule has 0 radical (unpaired) electrons. The second-order valence-corrected chi connectivity index (χ2v) is 6.61. The fraction of sp³-hybridized carbons (Fsp3) is 0.600. The summed E-state index contributed by atoms with van der Waals surface area (Å²) in [5.41, 5.74) is 3.10. The van der Waals surface area contributed by atoms with Crippen molar-refractivity contribution in [2.75, 3.05) is 0 Å². The quantitative estimate of drug-likeness (QED) is 0.759. The third-order valence-electron chi connectivity index (χ3n) is 3.90. The number of rotatable bonds is 6. The number of aryl methyl sites for hydroxylation is 1. The first kappa shape index (κ1) is 17.2. The molecule has 0 saturated carbocycles. The highest BCUT2D eigenvalue weighted by molar-refractivity contribution is 7.46. The van der Waals surface area contributed by atoms with Crippen LogP contribution in [0.25, 0.3) is 0 Å². The Hall–Kier alpha value is -0.830. The molecular weight excluding hydrogens is 275 g/mol. The maximum atomic E-state index is 11.1. The molecule has 114 valence electrons. The van der Waals surface area contributed by atoms with Gasteiger partial charge in [0.15, 0.2) is 0 Å². The molecule has 2 unspecified atom stereocenters. The van der Waals surface area contributed by atoms with Crippen LogP contribution < -0.4 is 4.52 Å². The van der Waals surface area contributed by atoms with Crippen LogP contribution in [0.2, 0.25) is 0 Å². The monoisotopic (exact) mass is 300 g/mol. The lowest BCUT2D eigenvalue weighted by Crippen LogP contribution is -2.03. The molecule has 0 aliphatic heterocycles. The topological polar surface area (TPSA) is 66.8 Å². The van der Waals surface area contributed by atoms with Crippen molar-refractivity contribution in [3.05, 3.63) is 28.8 Å². The van der Waals surface area contributed by atoms with Gasteiger partial charge in [0.25, 0.3) is 0 Å². The van der Waals surface area contributed by atoms with E-state index in [0.29, 0.717) is 11.7 Å². The van der Waals surface area contributed by atoms with Gasteiger partial charge in [-0.1, -0.05) is 33.8 Å². The van der Waals surface area contributed by atoms with E-state index in [9.17, 15) is 4.57 Å². The normalized spacial score (nSPS) is 14.9. The Kier molecular flexibility index (Phi) is 5.81. The summed E-state index contributed by atoms with van der Waals surface area (Å²) >= 11 is 0. The van der Waals surface area contributed by atoms with Crippen LogP contribution >= 0.6 is 7.82 Å². The zero-order chi connectivity index (χ0) is 15.5. The lowest BCUT2D eigenvalue weighted by atomic mass is 9.88. The summed E-state index contributed by atoms with van der Waals surface area (Å²) in [6.45, 7) is 10.3. The van der Waals surface area contributed by atoms with Gasteiger partial charge in [-0.15, -0.1) is 0 Å². The summed E-state index contributed by atoms with van der Waals surface area (Å²) in [5.74, 6) is 0.916. The van der Waals surface area contributed by atoms with E-state index in [4.69, 9.17) is 14.3 Å². The first-order valence-electron chi connectivity index (χ1n) is 7.09. The third-order valence-corrected chi connectivity index (χ3v) is 4.34. The Morgan fingerprint density at radius 1 is 1.10 bits per heavy atom. The van der Waals surface area contributed by atoms with E-state index in [2.05, 4.69) is 20.8 Å². The minimum absolute atomic E-state index is 0.194. The molecule has 5 heteroatoms. The summed E-state index contributed by atoms with van der Waals surface area (Å²) in [7, 11) is -4.53. The first-order chi connectivity index (χ1) is 9.19. The fourth-order valence-electron chi connectivity index (χ4n) is 2.28. The second kappa shape index (κ2) is 6.75. The Labute approximate surface area is 121 Å². The van der Waals surface area contributed by atoms with E-state index in [-0.39, 0.29) is 5.92 Å². The second-order valence-electron chi connectivity index (χ2n) is 5.45. The van der Waals surface area contributed by atoms with E-state index in [1.807, 2.05) is 19.9 Å². The van der Waals surface area contributed by atoms with Gasteiger partial charge in [-0.2, -0.15) is 0 Å². The summed E-state index contributed by atoms with van der Waals surface area (Å²) in [6, 6.07) is 3.80. The lowest BCUT2D eigenvalue weighted by molar-refractivity contribution is 0.281. The predicted octanol–water partition coefficient (Wildman–Crippen LogP) is 4.49. The van der Waals surface area contributed by atoms with Crippen LogP contribution in [0.15, 0.2) is 12.1 Å². The van der Waals surface area contributed by atoms with E-state index in [1.165, 1.54) is 5.56 Å². The van der Waals surface area contributed by atoms with Gasteiger partial charge in [0.2, 0.25) is 0 Å². The van der Waals surface area contributed by atoms with Crippen molar-refractivity contribution in [2.45, 2.75) is 59.3 Å². The molecule has 0 heterocycles. The zero-order valence-corrected chi connectivity index (χ0v) is 13.8. The average Bonchev–Trinajstić information content (AvgIpc) is 2.35. The van der Waals surface area contributed by atoms with Crippen LogP contribution in [-0.2, 0) is 4.57 Å². The first-order valence-corrected chi connectivity index (χ1v) is 8.62. The number of phosphoric acid groups is 1. The Bertz CT molecular complexity index is 507. The van der Waals surface area contributed by atoms with Crippen LogP contribution in [0.5, 0.6) is 5.75 Å². The van der Waals surface area contributed by atoms with E-state index in [1.54, 1.807) is 6.07 Å². The SMILES string of the molecule is CCC(C)c1cc(C(C)CC)c(OP(=O)(O)O)cc1C. The molecule has 4 nitrogen and oxygen atoms in total. The standard InChI is InChI=1S/C15H25O4P/c1-6-10(3)13-9-14(11(4)7-2)15(8-12(13)5)19-20(16,17)18/h8-11H,6-7H2,1-5H3,(H2,16,17,18). The average molecular weight is 300 g/mol. The van der Waals surface area contributed by atoms with E-state index < -0.39 is 7.82 Å². The largest absolute Gasteiger partial charge is 0.524 e. The Morgan fingerprint density at radius 2 is 1.60 bits per heavy atom. The number of hydrogen-bond donors (Lipinski definition) is 2. The highest BCUT2D eigenvalue weighted by atomic mass is 31.2. The van der Waals surface area contributed by atoms with Gasteiger partial charge in [0.05, 0.1) is 0 Å². The molecule has 1 aromatic carbocycles. The predicted molar refractivity (Wildman–Crippen MR) is 81.3 cm³/mol. The van der Waals surface area contributed by atoms with Crippen molar-refractivity contribution in [3.8, 4) is 5.75 Å². The van der Waals surface area contributed by atoms with Gasteiger partial charge in [0, 0.05) is 0 Å². The fourth-order valence-corrected chi connectivity index (χ4v) is 2.69. The van der Waals surface area contributed by atoms with Crippen molar-refractivity contribution in [2.24, 2.45) is 0 Å². The molecule has 20 heavy (non-hydrogen) atoms. The lowest BCUT2D eigenvalue weighted by Gasteiger charge is -2.21. The van der Waals surface area contributed by atoms with Crippen molar-refractivity contribution in [1.29, 1.82) is 0 Å². The van der Waals surface area contributed by atoms with Crippen LogP contribution in [-0.4, -0.2) is 9.79 Å². The highest BCUT2D eigenvalue weighted by Gasteiger charge is 2.22. The minimum Gasteiger partial charge on any atom is -0.404 e. The molecule has 1 aromatic rings. The smallest absolute Gasteiger partial charge is 0.404 e. The highest BCUT2D eigenvalue weighted by Crippen LogP contribution is 2.43.